The molecule has 0 aliphatic rings. The van der Waals surface area contributed by atoms with E-state index in [0.717, 1.165) is 11.9 Å². The molecule has 0 N–H and O–H groups in total. The van der Waals surface area contributed by atoms with Crippen molar-refractivity contribution >= 4 is 21.6 Å². The third-order valence-corrected chi connectivity index (χ3v) is 3.38. The molecule has 3 heteroatoms. The van der Waals surface area contributed by atoms with E-state index in [1.807, 2.05) is 32.0 Å². The summed E-state index contributed by atoms with van der Waals surface area (Å²) in [7, 11) is 3.48. The Bertz CT molecular complexity index is 257. The molecule has 1 aromatic rings. The van der Waals surface area contributed by atoms with Crippen LogP contribution < -0.4 is 0 Å². The van der Waals surface area contributed by atoms with Crippen LogP contribution in [0.1, 0.15) is 34.6 Å². The maximum Gasteiger partial charge on any atom is 0.103 e. The quantitative estimate of drug-likeness (QED) is 0.399. The highest BCUT2D eigenvalue weighted by Gasteiger charge is 1.95. The van der Waals surface area contributed by atoms with Gasteiger partial charge in [-0.05, 0) is 31.9 Å². The fraction of sp³-hybridized carbons (Fsp3) is 0.571. The van der Waals surface area contributed by atoms with Crippen LogP contribution in [0.5, 0.6) is 0 Å². The van der Waals surface area contributed by atoms with Crippen LogP contribution in [0.2, 0.25) is 0 Å². The van der Waals surface area contributed by atoms with Crippen LogP contribution in [0.15, 0.2) is 35.2 Å². The summed E-state index contributed by atoms with van der Waals surface area (Å²) in [6, 6.07) is 10.3. The van der Waals surface area contributed by atoms with Crippen molar-refractivity contribution in [2.24, 2.45) is 5.92 Å². The van der Waals surface area contributed by atoms with Crippen molar-refractivity contribution in [3.8, 4) is 0 Å². The lowest BCUT2D eigenvalue weighted by atomic mass is 10.3. The van der Waals surface area contributed by atoms with Gasteiger partial charge in [0, 0.05) is 4.90 Å². The largest absolute Gasteiger partial charge is 0.367 e. The van der Waals surface area contributed by atoms with Gasteiger partial charge in [0.2, 0.25) is 0 Å². The lowest BCUT2D eigenvalue weighted by molar-refractivity contribution is 0.121. The molecule has 1 aromatic carbocycles. The van der Waals surface area contributed by atoms with E-state index in [1.54, 1.807) is 21.6 Å². The van der Waals surface area contributed by atoms with Gasteiger partial charge in [-0.2, -0.15) is 0 Å². The minimum atomic E-state index is 0.323. The van der Waals surface area contributed by atoms with Crippen LogP contribution in [0.25, 0.3) is 0 Å². The molecule has 1 rings (SSSR count). The molecule has 0 bridgehead atoms. The Hall–Kier alpha value is -0.120. The van der Waals surface area contributed by atoms with Crippen molar-refractivity contribution in [1.82, 2.24) is 0 Å². The Labute approximate surface area is 114 Å². The third kappa shape index (κ3) is 13.8. The Morgan fingerprint density at radius 1 is 1.00 bits per heavy atom. The normalized spacial score (nSPS) is 10.3. The second kappa shape index (κ2) is 11.0. The first-order chi connectivity index (χ1) is 8.02. The zero-order chi connectivity index (χ0) is 13.1. The van der Waals surface area contributed by atoms with Gasteiger partial charge in [-0.3, -0.25) is 0 Å². The maximum atomic E-state index is 5.41. The van der Waals surface area contributed by atoms with E-state index in [0.29, 0.717) is 6.10 Å². The average Bonchev–Trinajstić information content (AvgIpc) is 2.25. The first-order valence-corrected chi connectivity index (χ1v) is 8.30. The van der Waals surface area contributed by atoms with E-state index in [4.69, 9.17) is 4.74 Å². The molecule has 0 saturated carbocycles. The molecule has 1 nitrogen and oxygen atoms in total. The molecule has 0 unspecified atom stereocenters. The summed E-state index contributed by atoms with van der Waals surface area (Å²) in [6.45, 7) is 10.6. The second-order valence-electron chi connectivity index (χ2n) is 4.58. The Morgan fingerprint density at radius 3 is 2.00 bits per heavy atom. The topological polar surface area (TPSA) is 9.23 Å². The molecule has 0 atom stereocenters. The molecule has 17 heavy (non-hydrogen) atoms. The fourth-order valence-electron chi connectivity index (χ4n) is 0.732. The van der Waals surface area contributed by atoms with E-state index in [-0.39, 0.29) is 0 Å². The predicted octanol–water partition coefficient (Wildman–Crippen LogP) is 5.47. The molecule has 98 valence electrons. The van der Waals surface area contributed by atoms with E-state index in [2.05, 4.69) is 32.9 Å². The molecule has 0 aliphatic heterocycles. The molecule has 0 heterocycles. The van der Waals surface area contributed by atoms with Crippen LogP contribution in [0.4, 0.5) is 0 Å². The van der Waals surface area contributed by atoms with E-state index in [9.17, 15) is 0 Å². The van der Waals surface area contributed by atoms with Crippen LogP contribution in [-0.4, -0.2) is 12.0 Å². The van der Waals surface area contributed by atoms with Crippen LogP contribution >= 0.6 is 21.6 Å². The molecule has 0 saturated heterocycles. The molecule has 0 spiro atoms. The lowest BCUT2D eigenvalue weighted by Crippen LogP contribution is -1.99. The smallest absolute Gasteiger partial charge is 0.103 e. The molecular formula is C14H24OS2. The van der Waals surface area contributed by atoms with Gasteiger partial charge in [-0.25, -0.2) is 0 Å². The summed E-state index contributed by atoms with van der Waals surface area (Å²) in [6.07, 6.45) is 0.323. The van der Waals surface area contributed by atoms with E-state index < -0.39 is 0 Å². The van der Waals surface area contributed by atoms with Gasteiger partial charge in [0.05, 0.1) is 6.10 Å². The summed E-state index contributed by atoms with van der Waals surface area (Å²) < 4.78 is 5.41. The highest BCUT2D eigenvalue weighted by atomic mass is 33.1. The summed E-state index contributed by atoms with van der Waals surface area (Å²) >= 11 is 0. The van der Waals surface area contributed by atoms with Gasteiger partial charge < -0.3 is 4.74 Å². The number of rotatable bonds is 5. The standard InChI is InChI=1S/C10H14OS2.C4H10/c1-9(2)11-8-12-13-10-6-4-3-5-7-10;1-4(2)3/h3-7,9H,8H2,1-2H3;4H,1-3H3. The Balaban J connectivity index is 0.000000557. The van der Waals surface area contributed by atoms with Crippen molar-refractivity contribution in [2.75, 3.05) is 5.94 Å². The number of hydrogen-bond acceptors (Lipinski definition) is 3. The average molecular weight is 272 g/mol. The first-order valence-electron chi connectivity index (χ1n) is 5.98. The summed E-state index contributed by atoms with van der Waals surface area (Å²) in [5.74, 6) is 1.58. The monoisotopic (exact) mass is 272 g/mol. The van der Waals surface area contributed by atoms with Gasteiger partial charge in [-0.15, -0.1) is 0 Å². The molecular weight excluding hydrogens is 248 g/mol. The van der Waals surface area contributed by atoms with Gasteiger partial charge in [0.25, 0.3) is 0 Å². The zero-order valence-corrected chi connectivity index (χ0v) is 13.1. The van der Waals surface area contributed by atoms with E-state index in [1.165, 1.54) is 4.90 Å². The first kappa shape index (κ1) is 16.9. The highest BCUT2D eigenvalue weighted by Crippen LogP contribution is 2.30. The van der Waals surface area contributed by atoms with Crippen LogP contribution in [0.3, 0.4) is 0 Å². The zero-order valence-electron chi connectivity index (χ0n) is 11.5. The van der Waals surface area contributed by atoms with Gasteiger partial charge in [-0.1, -0.05) is 60.6 Å². The van der Waals surface area contributed by atoms with Gasteiger partial charge in [0.15, 0.2) is 0 Å². The fourth-order valence-corrected chi connectivity index (χ4v) is 2.56. The minimum Gasteiger partial charge on any atom is -0.367 e. The predicted molar refractivity (Wildman–Crippen MR) is 81.5 cm³/mol. The number of hydrogen-bond donors (Lipinski definition) is 0. The highest BCUT2D eigenvalue weighted by molar-refractivity contribution is 8.76. The lowest BCUT2D eigenvalue weighted by Gasteiger charge is -2.05. The summed E-state index contributed by atoms with van der Waals surface area (Å²) in [5.41, 5.74) is 0. The maximum absolute atomic E-state index is 5.41. The minimum absolute atomic E-state index is 0.323. The SMILES string of the molecule is CC(C)C.CC(C)OCSSc1ccccc1. The van der Waals surface area contributed by atoms with Gasteiger partial charge in [0.1, 0.15) is 5.94 Å². The molecule has 0 aliphatic carbocycles. The summed E-state index contributed by atoms with van der Waals surface area (Å²) in [5, 5.41) is 0. The van der Waals surface area contributed by atoms with Crippen molar-refractivity contribution in [2.45, 2.75) is 45.6 Å². The van der Waals surface area contributed by atoms with Crippen molar-refractivity contribution < 1.29 is 4.74 Å². The molecule has 0 fully saturated rings. The molecule has 0 amide bonds. The Kier molecular flexibility index (Phi) is 10.9. The van der Waals surface area contributed by atoms with Crippen molar-refractivity contribution in [3.05, 3.63) is 30.3 Å². The van der Waals surface area contributed by atoms with Crippen LogP contribution in [0, 0.1) is 5.92 Å². The Morgan fingerprint density at radius 2 is 1.53 bits per heavy atom. The van der Waals surface area contributed by atoms with E-state index >= 15 is 0 Å². The number of benzene rings is 1. The van der Waals surface area contributed by atoms with Crippen molar-refractivity contribution in [1.29, 1.82) is 0 Å². The second-order valence-corrected chi connectivity index (χ2v) is 6.90. The molecule has 0 aromatic heterocycles. The van der Waals surface area contributed by atoms with Gasteiger partial charge >= 0.3 is 0 Å². The molecule has 0 radical (unpaired) electrons. The van der Waals surface area contributed by atoms with Crippen molar-refractivity contribution in [3.63, 3.8) is 0 Å². The number of ether oxygens (including phenoxy) is 1. The summed E-state index contributed by atoms with van der Waals surface area (Å²) in [4.78, 5) is 1.28. The van der Waals surface area contributed by atoms with Crippen LogP contribution in [-0.2, 0) is 4.74 Å². The third-order valence-electron chi connectivity index (χ3n) is 1.35.